The highest BCUT2D eigenvalue weighted by molar-refractivity contribution is 5.85. The van der Waals surface area contributed by atoms with E-state index in [9.17, 15) is 4.79 Å². The first-order chi connectivity index (χ1) is 17.7. The molecule has 0 radical (unpaired) electrons. The third-order valence-electron chi connectivity index (χ3n) is 6.89. The van der Waals surface area contributed by atoms with E-state index in [1.54, 1.807) is 12.4 Å². The molecule has 1 N–H and O–H groups in total. The predicted octanol–water partition coefficient (Wildman–Crippen LogP) is 5.07. The van der Waals surface area contributed by atoms with Crippen LogP contribution in [0, 0.1) is 6.57 Å². The van der Waals surface area contributed by atoms with Crippen LogP contribution in [-0.4, -0.2) is 32.9 Å². The minimum atomic E-state index is -0.253. The fourth-order valence-corrected chi connectivity index (χ4v) is 5.10. The largest absolute Gasteiger partial charge is 0.468 e. The quantitative estimate of drug-likeness (QED) is 0.391. The van der Waals surface area contributed by atoms with Gasteiger partial charge in [0.05, 0.1) is 30.7 Å². The maximum absolute atomic E-state index is 13.6. The molecule has 0 aliphatic carbocycles. The molecule has 1 amide bonds. The van der Waals surface area contributed by atoms with Crippen LogP contribution in [-0.2, 0) is 17.9 Å². The van der Waals surface area contributed by atoms with E-state index in [-0.39, 0.29) is 18.0 Å². The molecule has 1 fully saturated rings. The normalized spacial score (nSPS) is 19.3. The van der Waals surface area contributed by atoms with Gasteiger partial charge < -0.3 is 19.5 Å². The molecule has 7 heteroatoms. The van der Waals surface area contributed by atoms with E-state index in [4.69, 9.17) is 11.3 Å². The molecule has 3 heterocycles. The number of hydrogen-bond acceptors (Lipinski definition) is 4. The SMILES string of the molecule is [C-]#[N+]c1ccc2cc1Oc1cccc(c1)C(c1ccccc1)N1CC[C@@H](NCc3cncn3C2)C1=O. The van der Waals surface area contributed by atoms with Gasteiger partial charge in [-0.05, 0) is 41.3 Å². The number of aromatic nitrogens is 2. The van der Waals surface area contributed by atoms with E-state index >= 15 is 0 Å². The molecule has 2 atom stereocenters. The summed E-state index contributed by atoms with van der Waals surface area (Å²) in [6.45, 7) is 9.41. The molecule has 36 heavy (non-hydrogen) atoms. The van der Waals surface area contributed by atoms with Gasteiger partial charge in [0.15, 0.2) is 0 Å². The number of ether oxygens (including phenoxy) is 1. The summed E-state index contributed by atoms with van der Waals surface area (Å²) in [6, 6.07) is 23.1. The van der Waals surface area contributed by atoms with E-state index in [1.807, 2.05) is 65.7 Å². The second-order valence-electron chi connectivity index (χ2n) is 9.17. The number of hydrogen-bond donors (Lipinski definition) is 1. The second-order valence-corrected chi connectivity index (χ2v) is 9.17. The van der Waals surface area contributed by atoms with Crippen molar-refractivity contribution >= 4 is 11.6 Å². The molecular formula is C29H25N5O2. The standard InChI is InChI=1S/C29H25N5O2/c1-30-25-11-10-20-14-27(25)36-24-9-5-8-22(15-24)28(21-6-3-2-4-7-21)34-13-12-26(29(34)35)32-17-23-16-31-19-33(23)18-20/h2-11,14-16,19,26,28,32H,12-13,17-18H2/t26-,28?/m1/s1. The number of amides is 1. The van der Waals surface area contributed by atoms with Gasteiger partial charge in [-0.2, -0.15) is 0 Å². The van der Waals surface area contributed by atoms with Crippen LogP contribution in [0.5, 0.6) is 11.5 Å². The number of nitrogens with zero attached hydrogens (tertiary/aromatic N) is 4. The zero-order chi connectivity index (χ0) is 24.5. The summed E-state index contributed by atoms with van der Waals surface area (Å²) in [5.41, 5.74) is 4.47. The number of fused-ring (bicyclic) bond motifs is 7. The van der Waals surface area contributed by atoms with Crippen LogP contribution in [0.2, 0.25) is 0 Å². The lowest BCUT2D eigenvalue weighted by Gasteiger charge is -2.29. The lowest BCUT2D eigenvalue weighted by molar-refractivity contribution is -0.130. The molecule has 2 aliphatic heterocycles. The van der Waals surface area contributed by atoms with Gasteiger partial charge in [0, 0.05) is 25.8 Å². The summed E-state index contributed by atoms with van der Waals surface area (Å²) >= 11 is 0. The lowest BCUT2D eigenvalue weighted by Crippen LogP contribution is -2.40. The first-order valence-corrected chi connectivity index (χ1v) is 12.1. The maximum atomic E-state index is 13.6. The molecule has 1 saturated heterocycles. The summed E-state index contributed by atoms with van der Waals surface area (Å²) in [5.74, 6) is 1.24. The Labute approximate surface area is 209 Å². The Kier molecular flexibility index (Phi) is 5.72. The van der Waals surface area contributed by atoms with Gasteiger partial charge in [0.2, 0.25) is 11.6 Å². The third-order valence-corrected chi connectivity index (χ3v) is 6.89. The van der Waals surface area contributed by atoms with Gasteiger partial charge >= 0.3 is 0 Å². The number of imidazole rings is 1. The van der Waals surface area contributed by atoms with Gasteiger partial charge in [-0.25, -0.2) is 9.83 Å². The van der Waals surface area contributed by atoms with Crippen LogP contribution in [0.4, 0.5) is 5.69 Å². The molecule has 4 aromatic rings. The van der Waals surface area contributed by atoms with Crippen LogP contribution in [0.1, 0.15) is 34.8 Å². The van der Waals surface area contributed by atoms with E-state index in [0.29, 0.717) is 36.8 Å². The first kappa shape index (κ1) is 22.1. The number of carbonyl (C=O) groups is 1. The van der Waals surface area contributed by atoms with Gasteiger partial charge in [-0.15, -0.1) is 0 Å². The van der Waals surface area contributed by atoms with Gasteiger partial charge in [-0.3, -0.25) is 4.79 Å². The molecule has 7 nitrogen and oxygen atoms in total. The fourth-order valence-electron chi connectivity index (χ4n) is 5.10. The maximum Gasteiger partial charge on any atom is 0.240 e. The fraction of sp³-hybridized carbons (Fsp3) is 0.207. The summed E-state index contributed by atoms with van der Waals surface area (Å²) in [7, 11) is 0. The van der Waals surface area contributed by atoms with Crippen molar-refractivity contribution in [3.8, 4) is 11.5 Å². The van der Waals surface area contributed by atoms with Crippen LogP contribution >= 0.6 is 0 Å². The van der Waals surface area contributed by atoms with Crippen LogP contribution in [0.15, 0.2) is 85.3 Å². The Hall–Kier alpha value is -4.41. The smallest absolute Gasteiger partial charge is 0.240 e. The number of nitrogens with one attached hydrogen (secondary N) is 1. The van der Waals surface area contributed by atoms with E-state index in [0.717, 1.165) is 28.8 Å². The minimum absolute atomic E-state index is 0.0915. The summed E-state index contributed by atoms with van der Waals surface area (Å²) in [6.07, 6.45) is 4.36. The summed E-state index contributed by atoms with van der Waals surface area (Å²) in [4.78, 5) is 23.6. The van der Waals surface area contributed by atoms with E-state index < -0.39 is 0 Å². The van der Waals surface area contributed by atoms with Crippen molar-refractivity contribution < 1.29 is 9.53 Å². The van der Waals surface area contributed by atoms with Gasteiger partial charge in [-0.1, -0.05) is 54.6 Å². The second kappa shape index (κ2) is 9.33. The minimum Gasteiger partial charge on any atom is -0.468 e. The van der Waals surface area contributed by atoms with Crippen molar-refractivity contribution in [2.45, 2.75) is 31.6 Å². The van der Waals surface area contributed by atoms with Gasteiger partial charge in [0.1, 0.15) is 11.5 Å². The van der Waals surface area contributed by atoms with Gasteiger partial charge in [0.25, 0.3) is 0 Å². The van der Waals surface area contributed by atoms with E-state index in [1.165, 1.54) is 0 Å². The molecule has 0 saturated carbocycles. The topological polar surface area (TPSA) is 63.8 Å². The van der Waals surface area contributed by atoms with Crippen LogP contribution in [0.25, 0.3) is 4.85 Å². The van der Waals surface area contributed by atoms with Crippen molar-refractivity contribution in [1.29, 1.82) is 0 Å². The van der Waals surface area contributed by atoms with E-state index in [2.05, 4.69) is 31.8 Å². The Morgan fingerprint density at radius 1 is 1.03 bits per heavy atom. The molecule has 2 aliphatic rings. The third kappa shape index (κ3) is 4.12. The molecule has 1 unspecified atom stereocenters. The number of benzene rings is 3. The molecule has 0 spiro atoms. The monoisotopic (exact) mass is 475 g/mol. The highest BCUT2D eigenvalue weighted by Gasteiger charge is 2.37. The Morgan fingerprint density at radius 2 is 1.89 bits per heavy atom. The Morgan fingerprint density at radius 3 is 2.75 bits per heavy atom. The highest BCUT2D eigenvalue weighted by atomic mass is 16.5. The first-order valence-electron chi connectivity index (χ1n) is 12.1. The van der Waals surface area contributed by atoms with Crippen molar-refractivity contribution in [1.82, 2.24) is 19.8 Å². The zero-order valence-electron chi connectivity index (χ0n) is 19.7. The van der Waals surface area contributed by atoms with Crippen molar-refractivity contribution in [2.75, 3.05) is 6.54 Å². The number of rotatable bonds is 1. The summed E-state index contributed by atoms with van der Waals surface area (Å²) < 4.78 is 8.34. The average molecular weight is 476 g/mol. The average Bonchev–Trinajstić information content (AvgIpc) is 3.49. The summed E-state index contributed by atoms with van der Waals surface area (Å²) in [5, 5.41) is 3.47. The predicted molar refractivity (Wildman–Crippen MR) is 136 cm³/mol. The molecule has 1 aromatic heterocycles. The molecular weight excluding hydrogens is 450 g/mol. The van der Waals surface area contributed by atoms with Crippen LogP contribution < -0.4 is 10.1 Å². The molecule has 178 valence electrons. The molecule has 6 bridgehead atoms. The Bertz CT molecular complexity index is 1460. The molecule has 3 aromatic carbocycles. The van der Waals surface area contributed by atoms with Crippen molar-refractivity contribution in [2.24, 2.45) is 0 Å². The number of carbonyl (C=O) groups excluding carboxylic acids is 1. The highest BCUT2D eigenvalue weighted by Crippen LogP contribution is 2.37. The lowest BCUT2D eigenvalue weighted by atomic mass is 9.97. The molecule has 6 rings (SSSR count). The van der Waals surface area contributed by atoms with Crippen LogP contribution in [0.3, 0.4) is 0 Å². The van der Waals surface area contributed by atoms with Crippen molar-refractivity contribution in [3.63, 3.8) is 0 Å². The zero-order valence-corrected chi connectivity index (χ0v) is 19.7. The van der Waals surface area contributed by atoms with Crippen molar-refractivity contribution in [3.05, 3.63) is 119 Å². The Balaban J connectivity index is 1.48.